The summed E-state index contributed by atoms with van der Waals surface area (Å²) in [6.45, 7) is 7.14. The number of aromatic hydroxyl groups is 1. The highest BCUT2D eigenvalue weighted by Crippen LogP contribution is 2.30. The summed E-state index contributed by atoms with van der Waals surface area (Å²) in [4.78, 5) is 21.8. The largest absolute Gasteiger partial charge is 0.507 e. The Morgan fingerprint density at radius 1 is 0.968 bits per heavy atom. The summed E-state index contributed by atoms with van der Waals surface area (Å²) >= 11 is 0. The molecule has 0 bridgehead atoms. The lowest BCUT2D eigenvalue weighted by atomic mass is 9.97. The standard InChI is InChI=1S/C24H29N3O4/c28-23(7-5-20-3-1-2-8-25-20)21-6-4-19(17-26-9-13-30-14-10-26)24(29)22(21)18-27-11-15-31-16-12-27/h1-8,29H,9-18H2/b7-5+. The van der Waals surface area contributed by atoms with Gasteiger partial charge < -0.3 is 14.6 Å². The second kappa shape index (κ2) is 10.6. The molecule has 0 atom stereocenters. The van der Waals surface area contributed by atoms with E-state index in [-0.39, 0.29) is 11.5 Å². The molecule has 164 valence electrons. The smallest absolute Gasteiger partial charge is 0.186 e. The number of morpholine rings is 2. The lowest BCUT2D eigenvalue weighted by Crippen LogP contribution is -2.36. The zero-order valence-corrected chi connectivity index (χ0v) is 17.7. The van der Waals surface area contributed by atoms with E-state index in [1.807, 2.05) is 30.3 Å². The van der Waals surface area contributed by atoms with E-state index in [4.69, 9.17) is 9.47 Å². The van der Waals surface area contributed by atoms with E-state index >= 15 is 0 Å². The van der Waals surface area contributed by atoms with Crippen molar-refractivity contribution in [1.29, 1.82) is 0 Å². The van der Waals surface area contributed by atoms with E-state index in [0.29, 0.717) is 50.6 Å². The summed E-state index contributed by atoms with van der Waals surface area (Å²) in [5.74, 6) is 0.0807. The van der Waals surface area contributed by atoms with E-state index in [1.54, 1.807) is 12.3 Å². The number of benzene rings is 1. The summed E-state index contributed by atoms with van der Waals surface area (Å²) in [5, 5.41) is 11.2. The van der Waals surface area contributed by atoms with Crippen molar-refractivity contribution < 1.29 is 19.4 Å². The van der Waals surface area contributed by atoms with Gasteiger partial charge in [0.25, 0.3) is 0 Å². The lowest BCUT2D eigenvalue weighted by molar-refractivity contribution is 0.0327. The van der Waals surface area contributed by atoms with Crippen molar-refractivity contribution in [3.63, 3.8) is 0 Å². The first-order valence-corrected chi connectivity index (χ1v) is 10.8. The first-order valence-electron chi connectivity index (χ1n) is 10.8. The van der Waals surface area contributed by atoms with Crippen LogP contribution in [0.3, 0.4) is 0 Å². The molecule has 1 N–H and O–H groups in total. The van der Waals surface area contributed by atoms with Crippen molar-refractivity contribution in [2.24, 2.45) is 0 Å². The third kappa shape index (κ3) is 5.77. The van der Waals surface area contributed by atoms with Crippen molar-refractivity contribution in [3.05, 3.63) is 65.0 Å². The van der Waals surface area contributed by atoms with Crippen LogP contribution < -0.4 is 0 Å². The molecule has 31 heavy (non-hydrogen) atoms. The summed E-state index contributed by atoms with van der Waals surface area (Å²) < 4.78 is 10.9. The highest BCUT2D eigenvalue weighted by molar-refractivity contribution is 6.08. The number of ether oxygens (including phenoxy) is 2. The molecule has 0 saturated carbocycles. The monoisotopic (exact) mass is 423 g/mol. The number of carbonyl (C=O) groups excluding carboxylic acids is 1. The number of pyridine rings is 1. The zero-order chi connectivity index (χ0) is 21.5. The molecular weight excluding hydrogens is 394 g/mol. The molecule has 2 fully saturated rings. The molecule has 7 heteroatoms. The molecule has 0 amide bonds. The van der Waals surface area contributed by atoms with E-state index in [2.05, 4.69) is 14.8 Å². The van der Waals surface area contributed by atoms with Crippen molar-refractivity contribution in [2.75, 3.05) is 52.6 Å². The molecule has 2 aromatic rings. The molecule has 1 aromatic carbocycles. The van der Waals surface area contributed by atoms with E-state index < -0.39 is 0 Å². The van der Waals surface area contributed by atoms with Crippen LogP contribution in [0.25, 0.3) is 6.08 Å². The van der Waals surface area contributed by atoms with Crippen LogP contribution in [0.4, 0.5) is 0 Å². The van der Waals surface area contributed by atoms with Crippen molar-refractivity contribution in [3.8, 4) is 5.75 Å². The Morgan fingerprint density at radius 2 is 1.65 bits per heavy atom. The number of phenols is 1. The molecule has 2 saturated heterocycles. The van der Waals surface area contributed by atoms with Gasteiger partial charge in [-0.05, 0) is 24.3 Å². The summed E-state index contributed by atoms with van der Waals surface area (Å²) in [6.07, 6.45) is 4.93. The van der Waals surface area contributed by atoms with Gasteiger partial charge in [-0.3, -0.25) is 19.6 Å². The number of rotatable bonds is 7. The van der Waals surface area contributed by atoms with Gasteiger partial charge in [0.2, 0.25) is 0 Å². The van der Waals surface area contributed by atoms with Gasteiger partial charge >= 0.3 is 0 Å². The van der Waals surface area contributed by atoms with Crippen LogP contribution in [-0.2, 0) is 22.6 Å². The second-order valence-corrected chi connectivity index (χ2v) is 7.83. The van der Waals surface area contributed by atoms with Gasteiger partial charge in [0, 0.05) is 62.2 Å². The Morgan fingerprint density at radius 3 is 2.29 bits per heavy atom. The molecule has 0 unspecified atom stereocenters. The van der Waals surface area contributed by atoms with Gasteiger partial charge in [0.1, 0.15) is 5.75 Å². The minimum Gasteiger partial charge on any atom is -0.507 e. The molecule has 0 spiro atoms. The number of carbonyl (C=O) groups is 1. The summed E-state index contributed by atoms with van der Waals surface area (Å²) in [7, 11) is 0. The Balaban J connectivity index is 1.59. The van der Waals surface area contributed by atoms with Crippen molar-refractivity contribution >= 4 is 11.9 Å². The third-order valence-electron chi connectivity index (χ3n) is 5.71. The van der Waals surface area contributed by atoms with Gasteiger partial charge in [-0.25, -0.2) is 0 Å². The maximum absolute atomic E-state index is 13.0. The fraction of sp³-hybridized carbons (Fsp3) is 0.417. The average molecular weight is 424 g/mol. The fourth-order valence-corrected chi connectivity index (χ4v) is 3.91. The number of allylic oxidation sites excluding steroid dienone is 1. The fourth-order valence-electron chi connectivity index (χ4n) is 3.91. The minimum absolute atomic E-state index is 0.137. The molecule has 3 heterocycles. The average Bonchev–Trinajstić information content (AvgIpc) is 2.82. The van der Waals surface area contributed by atoms with E-state index in [1.165, 1.54) is 6.08 Å². The van der Waals surface area contributed by atoms with Crippen LogP contribution in [0.2, 0.25) is 0 Å². The SMILES string of the molecule is O=C(/C=C/c1ccccn1)c1ccc(CN2CCOCC2)c(O)c1CN1CCOCC1. The molecular formula is C24H29N3O4. The van der Waals surface area contributed by atoms with Gasteiger partial charge in [-0.2, -0.15) is 0 Å². The van der Waals surface area contributed by atoms with Crippen molar-refractivity contribution in [1.82, 2.24) is 14.8 Å². The number of aromatic nitrogens is 1. The summed E-state index contributed by atoms with van der Waals surface area (Å²) in [5.41, 5.74) is 2.78. The molecule has 7 nitrogen and oxygen atoms in total. The minimum atomic E-state index is -0.137. The van der Waals surface area contributed by atoms with Crippen LogP contribution in [0, 0.1) is 0 Å². The molecule has 2 aliphatic rings. The van der Waals surface area contributed by atoms with Crippen LogP contribution in [0.5, 0.6) is 5.75 Å². The maximum Gasteiger partial charge on any atom is 0.186 e. The van der Waals surface area contributed by atoms with Gasteiger partial charge in [0.05, 0.1) is 32.1 Å². The van der Waals surface area contributed by atoms with Gasteiger partial charge in [-0.1, -0.05) is 18.2 Å². The number of nitrogens with zero attached hydrogens (tertiary/aromatic N) is 3. The highest BCUT2D eigenvalue weighted by Gasteiger charge is 2.22. The Hall–Kier alpha value is -2.58. The molecule has 4 rings (SSSR count). The number of ketones is 1. The van der Waals surface area contributed by atoms with Crippen LogP contribution >= 0.6 is 0 Å². The predicted molar refractivity (Wildman–Crippen MR) is 118 cm³/mol. The molecule has 1 aromatic heterocycles. The van der Waals surface area contributed by atoms with Crippen LogP contribution in [-0.4, -0.2) is 78.3 Å². The predicted octanol–water partition coefficient (Wildman–Crippen LogP) is 2.35. The Labute approximate surface area is 182 Å². The van der Waals surface area contributed by atoms with Crippen LogP contribution in [0.15, 0.2) is 42.6 Å². The van der Waals surface area contributed by atoms with E-state index in [0.717, 1.165) is 37.4 Å². The topological polar surface area (TPSA) is 75.1 Å². The first kappa shape index (κ1) is 21.6. The molecule has 0 radical (unpaired) electrons. The first-order chi connectivity index (χ1) is 15.2. The quantitative estimate of drug-likeness (QED) is 0.541. The second-order valence-electron chi connectivity index (χ2n) is 7.83. The Bertz CT molecular complexity index is 905. The normalized spacial score (nSPS) is 18.5. The summed E-state index contributed by atoms with van der Waals surface area (Å²) in [6, 6.07) is 9.28. The van der Waals surface area contributed by atoms with E-state index in [9.17, 15) is 9.90 Å². The Kier molecular flexibility index (Phi) is 7.43. The zero-order valence-electron chi connectivity index (χ0n) is 17.7. The highest BCUT2D eigenvalue weighted by atomic mass is 16.5. The number of phenolic OH excluding ortho intramolecular Hbond substituents is 1. The lowest BCUT2D eigenvalue weighted by Gasteiger charge is -2.29. The number of hydrogen-bond donors (Lipinski definition) is 1. The molecule has 0 aliphatic carbocycles. The third-order valence-corrected chi connectivity index (χ3v) is 5.71. The van der Waals surface area contributed by atoms with Crippen LogP contribution in [0.1, 0.15) is 27.2 Å². The number of hydrogen-bond acceptors (Lipinski definition) is 7. The maximum atomic E-state index is 13.0. The van der Waals surface area contributed by atoms with Gasteiger partial charge in [-0.15, -0.1) is 0 Å². The van der Waals surface area contributed by atoms with Crippen molar-refractivity contribution in [2.45, 2.75) is 13.1 Å². The molecule has 2 aliphatic heterocycles. The van der Waals surface area contributed by atoms with Gasteiger partial charge in [0.15, 0.2) is 5.78 Å².